The molecule has 1 aromatic heterocycles. The largest absolute Gasteiger partial charge is 0.468 e. The van der Waals surface area contributed by atoms with Crippen LogP contribution >= 0.6 is 11.8 Å². The lowest BCUT2D eigenvalue weighted by Gasteiger charge is -2.15. The van der Waals surface area contributed by atoms with Crippen molar-refractivity contribution in [1.29, 1.82) is 0 Å². The van der Waals surface area contributed by atoms with E-state index in [-0.39, 0.29) is 16.6 Å². The lowest BCUT2D eigenvalue weighted by Crippen LogP contribution is -2.23. The molecular formula is C16H20N2O4S2. The van der Waals surface area contributed by atoms with Gasteiger partial charge in [0.25, 0.3) is 0 Å². The normalized spacial score (nSPS) is 11.7. The summed E-state index contributed by atoms with van der Waals surface area (Å²) in [5, 5.41) is 2.73. The van der Waals surface area contributed by atoms with Crippen LogP contribution in [0.25, 0.3) is 0 Å². The summed E-state index contributed by atoms with van der Waals surface area (Å²) in [7, 11) is -0.593. The Balaban J connectivity index is 2.01. The second kappa shape index (κ2) is 7.87. The van der Waals surface area contributed by atoms with Crippen LogP contribution in [-0.2, 0) is 20.6 Å². The van der Waals surface area contributed by atoms with Gasteiger partial charge in [-0.1, -0.05) is 6.07 Å². The Morgan fingerprint density at radius 2 is 2.04 bits per heavy atom. The lowest BCUT2D eigenvalue weighted by molar-refractivity contribution is -0.113. The van der Waals surface area contributed by atoms with E-state index in [0.29, 0.717) is 17.0 Å². The number of furan rings is 1. The van der Waals surface area contributed by atoms with E-state index in [0.717, 1.165) is 10.1 Å². The molecule has 0 atom stereocenters. The van der Waals surface area contributed by atoms with Crippen molar-refractivity contribution >= 4 is 33.4 Å². The quantitative estimate of drug-likeness (QED) is 0.813. The molecule has 2 aromatic rings. The molecule has 0 saturated heterocycles. The highest BCUT2D eigenvalue weighted by Crippen LogP contribution is 2.22. The van der Waals surface area contributed by atoms with E-state index in [1.54, 1.807) is 31.4 Å². The van der Waals surface area contributed by atoms with Crippen LogP contribution in [-0.4, -0.2) is 38.5 Å². The average Bonchev–Trinajstić information content (AvgIpc) is 3.02. The number of anilines is 1. The summed E-state index contributed by atoms with van der Waals surface area (Å²) in [6, 6.07) is 8.51. The molecule has 0 aliphatic carbocycles. The third-order valence-electron chi connectivity index (χ3n) is 3.29. The minimum Gasteiger partial charge on any atom is -0.468 e. The van der Waals surface area contributed by atoms with E-state index in [2.05, 4.69) is 5.32 Å². The molecule has 0 aliphatic heterocycles. The molecule has 0 fully saturated rings. The first kappa shape index (κ1) is 18.6. The maximum Gasteiger partial charge on any atom is 0.242 e. The number of carbonyl (C=O) groups is 1. The smallest absolute Gasteiger partial charge is 0.242 e. The molecule has 0 unspecified atom stereocenters. The lowest BCUT2D eigenvalue weighted by atomic mass is 10.2. The molecule has 8 heteroatoms. The van der Waals surface area contributed by atoms with Crippen LogP contribution in [0, 0.1) is 6.92 Å². The van der Waals surface area contributed by atoms with E-state index >= 15 is 0 Å². The zero-order valence-corrected chi connectivity index (χ0v) is 15.4. The van der Waals surface area contributed by atoms with E-state index in [1.165, 1.54) is 31.9 Å². The van der Waals surface area contributed by atoms with Crippen LogP contribution in [0.4, 0.5) is 5.69 Å². The molecule has 1 heterocycles. The topological polar surface area (TPSA) is 79.6 Å². The first-order chi connectivity index (χ1) is 11.3. The van der Waals surface area contributed by atoms with Gasteiger partial charge in [-0.25, -0.2) is 12.7 Å². The van der Waals surface area contributed by atoms with Crippen LogP contribution in [0.15, 0.2) is 45.9 Å². The molecular weight excluding hydrogens is 348 g/mol. The highest BCUT2D eigenvalue weighted by molar-refractivity contribution is 7.99. The Morgan fingerprint density at radius 3 is 2.67 bits per heavy atom. The molecule has 0 bridgehead atoms. The average molecular weight is 368 g/mol. The fourth-order valence-corrected chi connectivity index (χ4v) is 3.86. The SMILES string of the molecule is Cc1ccc(NC(=O)CSCc2ccco2)cc1S(=O)(=O)N(C)C. The van der Waals surface area contributed by atoms with Crippen molar-refractivity contribution < 1.29 is 17.6 Å². The molecule has 0 aliphatic rings. The molecule has 0 spiro atoms. The Kier molecular flexibility index (Phi) is 6.09. The van der Waals surface area contributed by atoms with Crippen molar-refractivity contribution in [3.05, 3.63) is 47.9 Å². The van der Waals surface area contributed by atoms with Gasteiger partial charge in [0.15, 0.2) is 0 Å². The summed E-state index contributed by atoms with van der Waals surface area (Å²) in [6.45, 7) is 1.72. The molecule has 2 rings (SSSR count). The number of hydrogen-bond acceptors (Lipinski definition) is 5. The number of carbonyl (C=O) groups excluding carboxylic acids is 1. The predicted octanol–water partition coefficient (Wildman–Crippen LogP) is 2.71. The van der Waals surface area contributed by atoms with Crippen molar-refractivity contribution in [3.8, 4) is 0 Å². The predicted molar refractivity (Wildman–Crippen MR) is 95.6 cm³/mol. The number of nitrogens with one attached hydrogen (secondary N) is 1. The maximum atomic E-state index is 12.3. The van der Waals surface area contributed by atoms with Gasteiger partial charge in [0.2, 0.25) is 15.9 Å². The van der Waals surface area contributed by atoms with Crippen molar-refractivity contribution in [3.63, 3.8) is 0 Å². The summed E-state index contributed by atoms with van der Waals surface area (Å²) in [6.07, 6.45) is 1.59. The van der Waals surface area contributed by atoms with Crippen molar-refractivity contribution in [2.75, 3.05) is 25.2 Å². The zero-order chi connectivity index (χ0) is 17.7. The van der Waals surface area contributed by atoms with Gasteiger partial charge in [0.1, 0.15) is 5.76 Å². The third kappa shape index (κ3) is 4.62. The van der Waals surface area contributed by atoms with Crippen molar-refractivity contribution in [2.45, 2.75) is 17.6 Å². The van der Waals surface area contributed by atoms with Gasteiger partial charge in [0, 0.05) is 19.8 Å². The number of amides is 1. The van der Waals surface area contributed by atoms with E-state index in [1.807, 2.05) is 6.07 Å². The number of rotatable bonds is 7. The zero-order valence-electron chi connectivity index (χ0n) is 13.8. The van der Waals surface area contributed by atoms with Gasteiger partial charge < -0.3 is 9.73 Å². The molecule has 1 amide bonds. The van der Waals surface area contributed by atoms with Crippen LogP contribution in [0.5, 0.6) is 0 Å². The first-order valence-corrected chi connectivity index (χ1v) is 9.83. The summed E-state index contributed by atoms with van der Waals surface area (Å²) < 4.78 is 30.9. The monoisotopic (exact) mass is 368 g/mol. The fraction of sp³-hybridized carbons (Fsp3) is 0.312. The maximum absolute atomic E-state index is 12.3. The summed E-state index contributed by atoms with van der Waals surface area (Å²) in [5.41, 5.74) is 1.10. The molecule has 1 aromatic carbocycles. The van der Waals surface area contributed by atoms with Crippen LogP contribution in [0.1, 0.15) is 11.3 Å². The number of sulfonamides is 1. The van der Waals surface area contributed by atoms with Gasteiger partial charge in [-0.05, 0) is 36.8 Å². The fourth-order valence-electron chi connectivity index (χ4n) is 1.99. The molecule has 1 N–H and O–H groups in total. The van der Waals surface area contributed by atoms with Gasteiger partial charge in [0.05, 0.1) is 22.7 Å². The van der Waals surface area contributed by atoms with E-state index < -0.39 is 10.0 Å². The van der Waals surface area contributed by atoms with Gasteiger partial charge in [-0.3, -0.25) is 4.79 Å². The number of hydrogen-bond donors (Lipinski definition) is 1. The first-order valence-electron chi connectivity index (χ1n) is 7.24. The Labute approximate surface area is 146 Å². The van der Waals surface area contributed by atoms with Crippen LogP contribution in [0.2, 0.25) is 0 Å². The summed E-state index contributed by atoms with van der Waals surface area (Å²) in [4.78, 5) is 12.2. The van der Waals surface area contributed by atoms with Gasteiger partial charge in [-0.15, -0.1) is 11.8 Å². The summed E-state index contributed by atoms with van der Waals surface area (Å²) >= 11 is 1.42. The number of benzene rings is 1. The molecule has 6 nitrogen and oxygen atoms in total. The Bertz CT molecular complexity index is 799. The number of nitrogens with zero attached hydrogens (tertiary/aromatic N) is 1. The standard InChI is InChI=1S/C16H20N2O4S2/c1-12-6-7-13(9-15(12)24(20,21)18(2)3)17-16(19)11-23-10-14-5-4-8-22-14/h4-9H,10-11H2,1-3H3,(H,17,19). The molecule has 0 radical (unpaired) electrons. The third-order valence-corrected chi connectivity index (χ3v) is 6.20. The second-order valence-electron chi connectivity index (χ2n) is 5.39. The van der Waals surface area contributed by atoms with Crippen molar-refractivity contribution in [2.24, 2.45) is 0 Å². The van der Waals surface area contributed by atoms with Gasteiger partial charge >= 0.3 is 0 Å². The van der Waals surface area contributed by atoms with Crippen LogP contribution < -0.4 is 5.32 Å². The van der Waals surface area contributed by atoms with Gasteiger partial charge in [-0.2, -0.15) is 0 Å². The number of aryl methyl sites for hydroxylation is 1. The second-order valence-corrected chi connectivity index (χ2v) is 8.49. The minimum atomic E-state index is -3.55. The highest BCUT2D eigenvalue weighted by Gasteiger charge is 2.20. The van der Waals surface area contributed by atoms with Crippen LogP contribution in [0.3, 0.4) is 0 Å². The Morgan fingerprint density at radius 1 is 1.29 bits per heavy atom. The summed E-state index contributed by atoms with van der Waals surface area (Å²) in [5.74, 6) is 1.48. The molecule has 130 valence electrons. The van der Waals surface area contributed by atoms with E-state index in [9.17, 15) is 13.2 Å². The Hall–Kier alpha value is -1.77. The minimum absolute atomic E-state index is 0.188. The molecule has 0 saturated carbocycles. The molecule has 24 heavy (non-hydrogen) atoms. The number of thioether (sulfide) groups is 1. The van der Waals surface area contributed by atoms with E-state index in [4.69, 9.17) is 4.42 Å². The van der Waals surface area contributed by atoms with Crippen molar-refractivity contribution in [1.82, 2.24) is 4.31 Å². The highest BCUT2D eigenvalue weighted by atomic mass is 32.2.